The van der Waals surface area contributed by atoms with Crippen molar-refractivity contribution in [2.24, 2.45) is 0 Å². The van der Waals surface area contributed by atoms with Crippen LogP contribution in [0, 0.1) is 5.82 Å². The monoisotopic (exact) mass is 321 g/mol. The van der Waals surface area contributed by atoms with Crippen molar-refractivity contribution in [3.8, 4) is 0 Å². The summed E-state index contributed by atoms with van der Waals surface area (Å²) < 4.78 is 36.2. The Labute approximate surface area is 131 Å². The minimum Gasteiger partial charge on any atom is -0.295 e. The summed E-state index contributed by atoms with van der Waals surface area (Å²) in [6, 6.07) is 13.5. The standard InChI is InChI=1S/C17H20FNO2S/c1-13(15-7-9-17(10-8-15)22(3,20)21)19(2)12-14-5-4-6-16(18)11-14/h4-11,13H,12H2,1-3H3/t13-/m0/s1. The first-order chi connectivity index (χ1) is 10.3. The summed E-state index contributed by atoms with van der Waals surface area (Å²) in [5.41, 5.74) is 1.92. The summed E-state index contributed by atoms with van der Waals surface area (Å²) in [5, 5.41) is 0. The average Bonchev–Trinajstić information content (AvgIpc) is 2.45. The molecule has 2 aromatic rings. The fraction of sp³-hybridized carbons (Fsp3) is 0.294. The van der Waals surface area contributed by atoms with Gasteiger partial charge in [-0.2, -0.15) is 0 Å². The number of hydrogen-bond acceptors (Lipinski definition) is 3. The van der Waals surface area contributed by atoms with Crippen LogP contribution in [0.3, 0.4) is 0 Å². The van der Waals surface area contributed by atoms with E-state index in [1.807, 2.05) is 32.2 Å². The number of halogens is 1. The molecule has 0 spiro atoms. The Bertz CT molecular complexity index is 742. The summed E-state index contributed by atoms with van der Waals surface area (Å²) >= 11 is 0. The van der Waals surface area contributed by atoms with Crippen LogP contribution in [0.2, 0.25) is 0 Å². The van der Waals surface area contributed by atoms with Crippen LogP contribution in [0.5, 0.6) is 0 Å². The van der Waals surface area contributed by atoms with E-state index in [-0.39, 0.29) is 11.9 Å². The second kappa shape index (κ2) is 6.58. The van der Waals surface area contributed by atoms with Crippen LogP contribution >= 0.6 is 0 Å². The van der Waals surface area contributed by atoms with Crippen molar-refractivity contribution in [3.05, 3.63) is 65.5 Å². The average molecular weight is 321 g/mol. The van der Waals surface area contributed by atoms with Gasteiger partial charge in [0.1, 0.15) is 5.82 Å². The van der Waals surface area contributed by atoms with Crippen LogP contribution in [-0.4, -0.2) is 26.6 Å². The predicted octanol–water partition coefficient (Wildman–Crippen LogP) is 3.42. The van der Waals surface area contributed by atoms with E-state index >= 15 is 0 Å². The normalized spacial score (nSPS) is 13.3. The zero-order valence-corrected chi connectivity index (χ0v) is 13.8. The Balaban J connectivity index is 2.12. The lowest BCUT2D eigenvalue weighted by molar-refractivity contribution is 0.252. The zero-order valence-electron chi connectivity index (χ0n) is 13.0. The third-order valence-corrected chi connectivity index (χ3v) is 4.90. The molecule has 0 bridgehead atoms. The molecule has 0 N–H and O–H groups in total. The molecule has 22 heavy (non-hydrogen) atoms. The molecular weight excluding hydrogens is 301 g/mol. The number of nitrogens with zero attached hydrogens (tertiary/aromatic N) is 1. The SMILES string of the molecule is C[C@@H](c1ccc(S(C)(=O)=O)cc1)N(C)Cc1cccc(F)c1. The van der Waals surface area contributed by atoms with Gasteiger partial charge in [-0.3, -0.25) is 4.90 Å². The largest absolute Gasteiger partial charge is 0.295 e. The van der Waals surface area contributed by atoms with Gasteiger partial charge in [-0.1, -0.05) is 24.3 Å². The van der Waals surface area contributed by atoms with Crippen LogP contribution < -0.4 is 0 Å². The van der Waals surface area contributed by atoms with Crippen molar-refractivity contribution in [1.29, 1.82) is 0 Å². The van der Waals surface area contributed by atoms with Gasteiger partial charge in [0.2, 0.25) is 0 Å². The van der Waals surface area contributed by atoms with E-state index in [0.29, 0.717) is 11.4 Å². The lowest BCUT2D eigenvalue weighted by atomic mass is 10.1. The maximum absolute atomic E-state index is 13.2. The third kappa shape index (κ3) is 4.15. The molecule has 0 fully saturated rings. The second-order valence-corrected chi connectivity index (χ2v) is 7.58. The predicted molar refractivity (Wildman–Crippen MR) is 85.8 cm³/mol. The van der Waals surface area contributed by atoms with Crippen LogP contribution in [0.15, 0.2) is 53.4 Å². The van der Waals surface area contributed by atoms with Gasteiger partial charge >= 0.3 is 0 Å². The molecule has 0 saturated carbocycles. The zero-order chi connectivity index (χ0) is 16.3. The summed E-state index contributed by atoms with van der Waals surface area (Å²) in [6.45, 7) is 2.65. The van der Waals surface area contributed by atoms with E-state index in [4.69, 9.17) is 0 Å². The van der Waals surface area contributed by atoms with Gasteiger partial charge in [-0.15, -0.1) is 0 Å². The number of benzene rings is 2. The molecule has 3 nitrogen and oxygen atoms in total. The van der Waals surface area contributed by atoms with E-state index in [9.17, 15) is 12.8 Å². The Hall–Kier alpha value is -1.72. The molecule has 118 valence electrons. The number of sulfone groups is 1. The second-order valence-electron chi connectivity index (χ2n) is 5.56. The van der Waals surface area contributed by atoms with Gasteiger partial charge in [0.15, 0.2) is 9.84 Å². The molecule has 5 heteroatoms. The minimum atomic E-state index is -3.17. The van der Waals surface area contributed by atoms with E-state index in [1.54, 1.807) is 18.2 Å². The maximum atomic E-state index is 13.2. The van der Waals surface area contributed by atoms with Crippen molar-refractivity contribution in [3.63, 3.8) is 0 Å². The smallest absolute Gasteiger partial charge is 0.175 e. The number of rotatable bonds is 5. The van der Waals surface area contributed by atoms with Crippen molar-refractivity contribution in [2.45, 2.75) is 24.4 Å². The van der Waals surface area contributed by atoms with Gasteiger partial charge in [-0.25, -0.2) is 12.8 Å². The molecule has 0 amide bonds. The van der Waals surface area contributed by atoms with Crippen LogP contribution in [0.4, 0.5) is 4.39 Å². The van der Waals surface area contributed by atoms with Crippen molar-refractivity contribution < 1.29 is 12.8 Å². The fourth-order valence-corrected chi connectivity index (χ4v) is 2.94. The first-order valence-electron chi connectivity index (χ1n) is 7.02. The van der Waals surface area contributed by atoms with E-state index in [2.05, 4.69) is 4.90 Å². The highest BCUT2D eigenvalue weighted by Gasteiger charge is 2.14. The lowest BCUT2D eigenvalue weighted by Crippen LogP contribution is -2.22. The van der Waals surface area contributed by atoms with Crippen molar-refractivity contribution in [2.75, 3.05) is 13.3 Å². The molecule has 0 saturated heterocycles. The maximum Gasteiger partial charge on any atom is 0.175 e. The van der Waals surface area contributed by atoms with Gasteiger partial charge in [0.05, 0.1) is 4.90 Å². The highest BCUT2D eigenvalue weighted by Crippen LogP contribution is 2.22. The van der Waals surface area contributed by atoms with E-state index in [1.165, 1.54) is 18.4 Å². The highest BCUT2D eigenvalue weighted by atomic mass is 32.2. The molecule has 0 aliphatic heterocycles. The van der Waals surface area contributed by atoms with Crippen molar-refractivity contribution in [1.82, 2.24) is 4.90 Å². The van der Waals surface area contributed by atoms with Gasteiger partial charge < -0.3 is 0 Å². The number of hydrogen-bond donors (Lipinski definition) is 0. The summed E-state index contributed by atoms with van der Waals surface area (Å²) in [5.74, 6) is -0.240. The van der Waals surface area contributed by atoms with Gasteiger partial charge in [0, 0.05) is 18.8 Å². The molecule has 0 unspecified atom stereocenters. The van der Waals surface area contributed by atoms with Crippen LogP contribution in [0.25, 0.3) is 0 Å². The summed E-state index contributed by atoms with van der Waals surface area (Å²) in [7, 11) is -1.22. The Kier molecular flexibility index (Phi) is 4.98. The molecule has 0 heterocycles. The van der Waals surface area contributed by atoms with E-state index < -0.39 is 9.84 Å². The highest BCUT2D eigenvalue weighted by molar-refractivity contribution is 7.90. The topological polar surface area (TPSA) is 37.4 Å². The quantitative estimate of drug-likeness (QED) is 0.847. The Morgan fingerprint density at radius 1 is 1.14 bits per heavy atom. The Morgan fingerprint density at radius 3 is 2.32 bits per heavy atom. The molecule has 1 atom stereocenters. The molecule has 0 aliphatic carbocycles. The molecule has 2 rings (SSSR count). The molecular formula is C17H20FNO2S. The minimum absolute atomic E-state index is 0.0943. The third-order valence-electron chi connectivity index (χ3n) is 3.77. The lowest BCUT2D eigenvalue weighted by Gasteiger charge is -2.25. The van der Waals surface area contributed by atoms with Gasteiger partial charge in [-0.05, 0) is 49.4 Å². The van der Waals surface area contributed by atoms with Crippen LogP contribution in [-0.2, 0) is 16.4 Å². The molecule has 0 aromatic heterocycles. The summed E-state index contributed by atoms with van der Waals surface area (Å²) in [4.78, 5) is 2.40. The van der Waals surface area contributed by atoms with Crippen LogP contribution in [0.1, 0.15) is 24.1 Å². The van der Waals surface area contributed by atoms with Crippen molar-refractivity contribution >= 4 is 9.84 Å². The van der Waals surface area contributed by atoms with E-state index in [0.717, 1.165) is 11.1 Å². The first-order valence-corrected chi connectivity index (χ1v) is 8.91. The summed E-state index contributed by atoms with van der Waals surface area (Å²) in [6.07, 6.45) is 1.20. The Morgan fingerprint density at radius 2 is 1.77 bits per heavy atom. The fourth-order valence-electron chi connectivity index (χ4n) is 2.31. The molecule has 0 aliphatic rings. The molecule has 0 radical (unpaired) electrons. The first kappa shape index (κ1) is 16.6. The molecule has 2 aromatic carbocycles. The van der Waals surface area contributed by atoms with Gasteiger partial charge in [0.25, 0.3) is 0 Å².